The molecule has 0 aliphatic heterocycles. The summed E-state index contributed by atoms with van der Waals surface area (Å²) in [5.74, 6) is 0.783. The Morgan fingerprint density at radius 3 is 2.23 bits per heavy atom. The molecule has 0 saturated carbocycles. The molecule has 0 aromatic carbocycles. The Labute approximate surface area is 83.5 Å². The molecule has 1 atom stereocenters. The van der Waals surface area contributed by atoms with Gasteiger partial charge in [-0.2, -0.15) is 0 Å². The first-order valence-electron chi connectivity index (χ1n) is 5.55. The minimum absolute atomic E-state index is 0.672. The molecule has 0 aromatic rings. The van der Waals surface area contributed by atoms with Gasteiger partial charge in [-0.3, -0.25) is 0 Å². The van der Waals surface area contributed by atoms with E-state index in [1.807, 2.05) is 0 Å². The number of hydrogen-bond donors (Lipinski definition) is 1. The van der Waals surface area contributed by atoms with Crippen LogP contribution in [0.4, 0.5) is 0 Å². The Kier molecular flexibility index (Phi) is 7.29. The molecule has 80 valence electrons. The van der Waals surface area contributed by atoms with Crippen LogP contribution in [0.15, 0.2) is 0 Å². The monoisotopic (exact) mass is 186 g/mol. The van der Waals surface area contributed by atoms with Crippen molar-refractivity contribution in [2.24, 2.45) is 11.7 Å². The van der Waals surface area contributed by atoms with E-state index < -0.39 is 0 Å². The van der Waals surface area contributed by atoms with Crippen LogP contribution in [-0.2, 0) is 0 Å². The number of nitrogens with zero attached hydrogens (tertiary/aromatic N) is 1. The first-order chi connectivity index (χ1) is 6.11. The van der Waals surface area contributed by atoms with Crippen molar-refractivity contribution in [2.75, 3.05) is 19.6 Å². The molecular weight excluding hydrogens is 160 g/mol. The van der Waals surface area contributed by atoms with Gasteiger partial charge in [0, 0.05) is 12.6 Å². The molecule has 2 heteroatoms. The van der Waals surface area contributed by atoms with Gasteiger partial charge in [0.05, 0.1) is 0 Å². The zero-order valence-electron chi connectivity index (χ0n) is 9.71. The molecule has 0 radical (unpaired) electrons. The smallest absolute Gasteiger partial charge is 0.00385 e. The predicted molar refractivity (Wildman–Crippen MR) is 59.8 cm³/mol. The lowest BCUT2D eigenvalue weighted by Crippen LogP contribution is -2.34. The van der Waals surface area contributed by atoms with Crippen LogP contribution in [0.5, 0.6) is 0 Å². The number of nitrogens with two attached hydrogens (primary N) is 1. The molecular formula is C11H26N2. The molecule has 13 heavy (non-hydrogen) atoms. The summed E-state index contributed by atoms with van der Waals surface area (Å²) in [6.45, 7) is 12.3. The summed E-state index contributed by atoms with van der Waals surface area (Å²) < 4.78 is 0. The van der Waals surface area contributed by atoms with E-state index in [4.69, 9.17) is 5.73 Å². The summed E-state index contributed by atoms with van der Waals surface area (Å²) in [7, 11) is 0. The maximum Gasteiger partial charge on any atom is 0.00385 e. The van der Waals surface area contributed by atoms with Gasteiger partial charge in [-0.25, -0.2) is 0 Å². The number of hydrogen-bond acceptors (Lipinski definition) is 2. The highest BCUT2D eigenvalue weighted by atomic mass is 15.1. The number of rotatable bonds is 7. The molecule has 0 saturated heterocycles. The fourth-order valence-electron chi connectivity index (χ4n) is 1.66. The lowest BCUT2D eigenvalue weighted by atomic mass is 10.0. The van der Waals surface area contributed by atoms with Crippen molar-refractivity contribution in [3.63, 3.8) is 0 Å². The van der Waals surface area contributed by atoms with E-state index in [2.05, 4.69) is 32.6 Å². The first kappa shape index (κ1) is 12.9. The highest BCUT2D eigenvalue weighted by molar-refractivity contribution is 4.65. The first-order valence-corrected chi connectivity index (χ1v) is 5.55. The summed E-state index contributed by atoms with van der Waals surface area (Å²) >= 11 is 0. The maximum atomic E-state index is 5.49. The van der Waals surface area contributed by atoms with Crippen molar-refractivity contribution in [3.8, 4) is 0 Å². The Balaban J connectivity index is 3.66. The molecule has 0 amide bonds. The molecule has 0 spiro atoms. The normalized spacial score (nSPS) is 14.1. The molecule has 0 aromatic heterocycles. The van der Waals surface area contributed by atoms with Gasteiger partial charge in [-0.05, 0) is 45.7 Å². The lowest BCUT2D eigenvalue weighted by Gasteiger charge is -2.27. The Morgan fingerprint density at radius 2 is 1.85 bits per heavy atom. The highest BCUT2D eigenvalue weighted by Crippen LogP contribution is 2.09. The fourth-order valence-corrected chi connectivity index (χ4v) is 1.66. The van der Waals surface area contributed by atoms with E-state index >= 15 is 0 Å². The van der Waals surface area contributed by atoms with Crippen molar-refractivity contribution in [2.45, 2.75) is 46.6 Å². The summed E-state index contributed by atoms with van der Waals surface area (Å²) in [5, 5.41) is 0. The molecule has 1 unspecified atom stereocenters. The van der Waals surface area contributed by atoms with Crippen LogP contribution < -0.4 is 5.73 Å². The quantitative estimate of drug-likeness (QED) is 0.659. The van der Waals surface area contributed by atoms with E-state index in [-0.39, 0.29) is 0 Å². The minimum Gasteiger partial charge on any atom is -0.330 e. The van der Waals surface area contributed by atoms with Crippen LogP contribution in [0.2, 0.25) is 0 Å². The van der Waals surface area contributed by atoms with E-state index in [1.54, 1.807) is 0 Å². The van der Waals surface area contributed by atoms with Crippen molar-refractivity contribution in [1.82, 2.24) is 4.90 Å². The molecule has 0 bridgehead atoms. The highest BCUT2D eigenvalue weighted by Gasteiger charge is 2.10. The third-order valence-electron chi connectivity index (χ3n) is 2.58. The van der Waals surface area contributed by atoms with E-state index in [1.165, 1.54) is 13.0 Å². The van der Waals surface area contributed by atoms with Crippen LogP contribution in [0.3, 0.4) is 0 Å². The second-order valence-corrected chi connectivity index (χ2v) is 4.22. The summed E-state index contributed by atoms with van der Waals surface area (Å²) in [6, 6.07) is 0.672. The molecule has 0 aliphatic rings. The van der Waals surface area contributed by atoms with Gasteiger partial charge < -0.3 is 10.6 Å². The molecule has 0 rings (SSSR count). The van der Waals surface area contributed by atoms with Gasteiger partial charge in [0.2, 0.25) is 0 Å². The predicted octanol–water partition coefficient (Wildman–Crippen LogP) is 2.09. The average Bonchev–Trinajstić information content (AvgIpc) is 2.10. The Morgan fingerprint density at radius 1 is 1.23 bits per heavy atom. The molecule has 0 heterocycles. The van der Waals surface area contributed by atoms with E-state index in [0.717, 1.165) is 25.4 Å². The van der Waals surface area contributed by atoms with E-state index in [0.29, 0.717) is 6.04 Å². The Hall–Kier alpha value is -0.0800. The molecule has 0 fully saturated rings. The second-order valence-electron chi connectivity index (χ2n) is 4.22. The van der Waals surface area contributed by atoms with Gasteiger partial charge >= 0.3 is 0 Å². The molecule has 2 nitrogen and oxygen atoms in total. The zero-order valence-corrected chi connectivity index (χ0v) is 9.71. The zero-order chi connectivity index (χ0) is 10.3. The maximum absolute atomic E-state index is 5.49. The van der Waals surface area contributed by atoms with Crippen LogP contribution in [0, 0.1) is 5.92 Å². The van der Waals surface area contributed by atoms with E-state index in [9.17, 15) is 0 Å². The van der Waals surface area contributed by atoms with Crippen molar-refractivity contribution < 1.29 is 0 Å². The standard InChI is InChI=1S/C11H26N2/c1-5-13(10(2)3)9-11(4)7-6-8-12/h10-11H,5-9,12H2,1-4H3. The topological polar surface area (TPSA) is 29.3 Å². The SMILES string of the molecule is CCN(CC(C)CCCN)C(C)C. The third kappa shape index (κ3) is 6.05. The van der Waals surface area contributed by atoms with Gasteiger partial charge in [0.15, 0.2) is 0 Å². The lowest BCUT2D eigenvalue weighted by molar-refractivity contribution is 0.197. The summed E-state index contributed by atoms with van der Waals surface area (Å²) in [5.41, 5.74) is 5.49. The average molecular weight is 186 g/mol. The molecule has 2 N–H and O–H groups in total. The molecule has 0 aliphatic carbocycles. The van der Waals surface area contributed by atoms with Crippen molar-refractivity contribution in [1.29, 1.82) is 0 Å². The van der Waals surface area contributed by atoms with Gasteiger partial charge in [0.1, 0.15) is 0 Å². The second kappa shape index (κ2) is 7.34. The third-order valence-corrected chi connectivity index (χ3v) is 2.58. The Bertz CT molecular complexity index is 113. The summed E-state index contributed by atoms with van der Waals surface area (Å²) in [4.78, 5) is 2.52. The van der Waals surface area contributed by atoms with Gasteiger partial charge in [-0.15, -0.1) is 0 Å². The summed E-state index contributed by atoms with van der Waals surface area (Å²) in [6.07, 6.45) is 2.43. The van der Waals surface area contributed by atoms with Crippen molar-refractivity contribution >= 4 is 0 Å². The van der Waals surface area contributed by atoms with Gasteiger partial charge in [0.25, 0.3) is 0 Å². The van der Waals surface area contributed by atoms with Crippen LogP contribution in [0.1, 0.15) is 40.5 Å². The van der Waals surface area contributed by atoms with Crippen LogP contribution in [0.25, 0.3) is 0 Å². The van der Waals surface area contributed by atoms with Crippen molar-refractivity contribution in [3.05, 3.63) is 0 Å². The largest absolute Gasteiger partial charge is 0.330 e. The van der Waals surface area contributed by atoms with Gasteiger partial charge in [-0.1, -0.05) is 13.8 Å². The fraction of sp³-hybridized carbons (Fsp3) is 1.00. The minimum atomic E-state index is 0.672. The van der Waals surface area contributed by atoms with Crippen LogP contribution >= 0.6 is 0 Å². The van der Waals surface area contributed by atoms with Crippen LogP contribution in [-0.4, -0.2) is 30.6 Å².